The van der Waals surface area contributed by atoms with Crippen molar-refractivity contribution >= 4 is 28.2 Å². The van der Waals surface area contributed by atoms with Crippen molar-refractivity contribution in [2.45, 2.75) is 31.7 Å². The number of hydroxylamine groups is 3. The summed E-state index contributed by atoms with van der Waals surface area (Å²) in [5, 5.41) is 1.27. The molecule has 0 saturated carbocycles. The van der Waals surface area contributed by atoms with Crippen molar-refractivity contribution in [2.75, 3.05) is 52.2 Å². The molecular formula is C20H29ClN5O+. The number of halogens is 1. The molecule has 0 spiro atoms. The molecule has 2 saturated heterocycles. The number of piperidine rings is 1. The van der Waals surface area contributed by atoms with E-state index in [0.29, 0.717) is 15.8 Å². The fraction of sp³-hybridized carbons (Fsp3) is 0.600. The molecule has 4 rings (SSSR count). The van der Waals surface area contributed by atoms with Crippen LogP contribution >= 0.6 is 11.6 Å². The van der Waals surface area contributed by atoms with Gasteiger partial charge >= 0.3 is 0 Å². The fourth-order valence-electron chi connectivity index (χ4n) is 4.26. The Morgan fingerprint density at radius 3 is 2.67 bits per heavy atom. The molecule has 27 heavy (non-hydrogen) atoms. The van der Waals surface area contributed by atoms with Crippen LogP contribution < -0.4 is 9.74 Å². The number of benzene rings is 1. The summed E-state index contributed by atoms with van der Waals surface area (Å²) in [7, 11) is 6.46. The summed E-state index contributed by atoms with van der Waals surface area (Å²) in [6, 6.07) is 4.82. The van der Waals surface area contributed by atoms with E-state index in [1.807, 2.05) is 0 Å². The molecule has 0 unspecified atom stereocenters. The molecule has 146 valence electrons. The number of nitrogens with zero attached hydrogens (tertiary/aromatic N) is 5. The first-order valence-electron chi connectivity index (χ1n) is 9.85. The van der Waals surface area contributed by atoms with Crippen molar-refractivity contribution in [2.24, 2.45) is 0 Å². The molecule has 7 heteroatoms. The second-order valence-corrected chi connectivity index (χ2v) is 8.61. The average molecular weight is 391 g/mol. The Morgan fingerprint density at radius 2 is 1.96 bits per heavy atom. The lowest BCUT2D eigenvalue weighted by Gasteiger charge is -2.35. The van der Waals surface area contributed by atoms with Gasteiger partial charge in [0.1, 0.15) is 31.6 Å². The van der Waals surface area contributed by atoms with E-state index in [-0.39, 0.29) is 0 Å². The number of fused-ring (bicyclic) bond motifs is 1. The van der Waals surface area contributed by atoms with Gasteiger partial charge in [0.05, 0.1) is 10.9 Å². The fourth-order valence-corrected chi connectivity index (χ4v) is 4.50. The first-order valence-corrected chi connectivity index (χ1v) is 10.2. The number of aromatic nitrogens is 2. The zero-order valence-corrected chi connectivity index (χ0v) is 17.2. The Hall–Kier alpha value is -1.63. The normalized spacial score (nSPS) is 22.6. The van der Waals surface area contributed by atoms with Crippen LogP contribution in [0.2, 0.25) is 5.15 Å². The molecule has 2 aromatic rings. The van der Waals surface area contributed by atoms with Gasteiger partial charge in [0.15, 0.2) is 0 Å². The topological polar surface area (TPSA) is 41.5 Å². The Balaban J connectivity index is 1.72. The largest absolute Gasteiger partial charge is 0.370 e. The van der Waals surface area contributed by atoms with Crippen molar-refractivity contribution in [3.8, 4) is 5.75 Å². The van der Waals surface area contributed by atoms with Crippen molar-refractivity contribution < 1.29 is 9.48 Å². The molecule has 2 aliphatic heterocycles. The highest BCUT2D eigenvalue weighted by Crippen LogP contribution is 2.37. The number of likely N-dealkylation sites (tertiary alicyclic amines) is 1. The number of anilines is 1. The summed E-state index contributed by atoms with van der Waals surface area (Å²) in [6.07, 6.45) is 6.35. The lowest BCUT2D eigenvalue weighted by molar-refractivity contribution is -1.07. The van der Waals surface area contributed by atoms with Gasteiger partial charge in [-0.05, 0) is 33.0 Å². The molecule has 3 heterocycles. The quantitative estimate of drug-likeness (QED) is 0.591. The van der Waals surface area contributed by atoms with E-state index < -0.39 is 0 Å². The van der Waals surface area contributed by atoms with Crippen LogP contribution in [0.3, 0.4) is 0 Å². The van der Waals surface area contributed by atoms with Gasteiger partial charge in [-0.1, -0.05) is 11.6 Å². The molecule has 1 aromatic carbocycles. The van der Waals surface area contributed by atoms with Crippen LogP contribution in [0.25, 0.3) is 10.9 Å². The molecule has 1 atom stereocenters. The maximum absolute atomic E-state index is 6.55. The Bertz CT molecular complexity index is 821. The van der Waals surface area contributed by atoms with Crippen LogP contribution in [0, 0.1) is 0 Å². The molecule has 2 aliphatic rings. The van der Waals surface area contributed by atoms with Crippen LogP contribution in [-0.4, -0.2) is 72.9 Å². The highest BCUT2D eigenvalue weighted by atomic mass is 35.5. The van der Waals surface area contributed by atoms with Crippen molar-refractivity contribution in [1.82, 2.24) is 14.9 Å². The minimum atomic E-state index is 0.456. The average Bonchev–Trinajstić information content (AvgIpc) is 3.12. The van der Waals surface area contributed by atoms with Gasteiger partial charge in [-0.3, -0.25) is 0 Å². The molecule has 0 amide bonds. The highest BCUT2D eigenvalue weighted by molar-refractivity contribution is 6.34. The molecule has 1 aromatic heterocycles. The zero-order chi connectivity index (χ0) is 19.0. The van der Waals surface area contributed by atoms with E-state index in [4.69, 9.17) is 16.4 Å². The molecule has 0 bridgehead atoms. The molecular weight excluding hydrogens is 362 g/mol. The summed E-state index contributed by atoms with van der Waals surface area (Å²) in [6.45, 7) is 4.09. The van der Waals surface area contributed by atoms with Crippen molar-refractivity contribution in [3.05, 3.63) is 23.6 Å². The summed E-state index contributed by atoms with van der Waals surface area (Å²) < 4.78 is 0.587. The molecule has 0 aliphatic carbocycles. The van der Waals surface area contributed by atoms with E-state index in [2.05, 4.69) is 53.0 Å². The third kappa shape index (κ3) is 3.84. The number of likely N-dealkylation sites (N-methyl/N-ethyl adjacent to an activating group) is 1. The van der Waals surface area contributed by atoms with E-state index in [9.17, 15) is 0 Å². The highest BCUT2D eigenvalue weighted by Gasteiger charge is 2.31. The van der Waals surface area contributed by atoms with Crippen molar-refractivity contribution in [1.29, 1.82) is 0 Å². The maximum atomic E-state index is 6.55. The second kappa shape index (κ2) is 7.41. The minimum Gasteiger partial charge on any atom is -0.370 e. The van der Waals surface area contributed by atoms with Gasteiger partial charge in [0.25, 0.3) is 0 Å². The Morgan fingerprint density at radius 1 is 1.19 bits per heavy atom. The van der Waals surface area contributed by atoms with Crippen LogP contribution in [0.5, 0.6) is 5.75 Å². The van der Waals surface area contributed by atoms with Gasteiger partial charge in [-0.25, -0.2) is 9.97 Å². The Kier molecular flexibility index (Phi) is 5.14. The second-order valence-electron chi connectivity index (χ2n) is 8.25. The van der Waals surface area contributed by atoms with Gasteiger partial charge in [0, 0.05) is 43.7 Å². The van der Waals surface area contributed by atoms with Gasteiger partial charge in [0.2, 0.25) is 5.75 Å². The monoisotopic (exact) mass is 390 g/mol. The Labute approximate surface area is 166 Å². The number of hydrogen-bond donors (Lipinski definition) is 0. The van der Waals surface area contributed by atoms with Crippen LogP contribution in [0.4, 0.5) is 5.69 Å². The molecule has 0 radical (unpaired) electrons. The predicted molar refractivity (Wildman–Crippen MR) is 109 cm³/mol. The van der Waals surface area contributed by atoms with Crippen LogP contribution in [-0.2, 0) is 0 Å². The first-order chi connectivity index (χ1) is 13.0. The minimum absolute atomic E-state index is 0.456. The lowest BCUT2D eigenvalue weighted by Crippen LogP contribution is -2.50. The van der Waals surface area contributed by atoms with E-state index in [1.54, 1.807) is 0 Å². The summed E-state index contributed by atoms with van der Waals surface area (Å²) >= 11 is 6.44. The first kappa shape index (κ1) is 18.7. The summed E-state index contributed by atoms with van der Waals surface area (Å²) in [5.74, 6) is 0.797. The third-order valence-electron chi connectivity index (χ3n) is 5.98. The standard InChI is InChI=1S/C20H29ClN5O/c1-24(2)15-7-8-25(13-15)16-11-17-19(20(21)23-14-22-17)18(12-16)27-26(3)9-5-4-6-10-26/h11-12,14-15H,4-10,13H2,1-3H3/q+1/t15-/m1/s1. The molecule has 0 N–H and O–H groups in total. The van der Waals surface area contributed by atoms with Crippen LogP contribution in [0.15, 0.2) is 18.5 Å². The van der Waals surface area contributed by atoms with E-state index >= 15 is 0 Å². The predicted octanol–water partition coefficient (Wildman–Crippen LogP) is 3.35. The number of hydrogen-bond acceptors (Lipinski definition) is 5. The van der Waals surface area contributed by atoms with Crippen LogP contribution in [0.1, 0.15) is 25.7 Å². The van der Waals surface area contributed by atoms with E-state index in [0.717, 1.165) is 48.5 Å². The van der Waals surface area contributed by atoms with Gasteiger partial charge in [-0.2, -0.15) is 0 Å². The number of quaternary nitrogens is 1. The lowest BCUT2D eigenvalue weighted by atomic mass is 10.1. The smallest absolute Gasteiger partial charge is 0.204 e. The maximum Gasteiger partial charge on any atom is 0.204 e. The zero-order valence-electron chi connectivity index (χ0n) is 16.5. The van der Waals surface area contributed by atoms with Gasteiger partial charge < -0.3 is 14.6 Å². The van der Waals surface area contributed by atoms with Crippen molar-refractivity contribution in [3.63, 3.8) is 0 Å². The van der Waals surface area contributed by atoms with E-state index in [1.165, 1.54) is 32.0 Å². The SMILES string of the molecule is CN(C)[C@@H]1CCN(c2cc(O[N+]3(C)CCCCC3)c3c(Cl)ncnc3c2)C1. The van der Waals surface area contributed by atoms with Gasteiger partial charge in [-0.15, -0.1) is 4.65 Å². The summed E-state index contributed by atoms with van der Waals surface area (Å²) in [5.41, 5.74) is 2.00. The molecule has 2 fully saturated rings. The third-order valence-corrected chi connectivity index (χ3v) is 6.27. The summed E-state index contributed by atoms with van der Waals surface area (Å²) in [4.78, 5) is 19.9. The molecule has 6 nitrogen and oxygen atoms in total. The number of rotatable bonds is 4.